The van der Waals surface area contributed by atoms with Gasteiger partial charge in [-0.1, -0.05) is 113 Å². The first-order valence-corrected chi connectivity index (χ1v) is 27.4. The van der Waals surface area contributed by atoms with E-state index in [1.807, 2.05) is 0 Å². The molecular weight excluding hydrogens is 1050 g/mol. The zero-order chi connectivity index (χ0) is 54.9. The number of hydrogen-bond acceptors (Lipinski definition) is 15. The number of ether oxygens (including phenoxy) is 2. The number of rotatable bonds is 26. The summed E-state index contributed by atoms with van der Waals surface area (Å²) in [6.07, 6.45) is 10.6. The average Bonchev–Trinajstić information content (AvgIpc) is 3.93. The van der Waals surface area contributed by atoms with Crippen molar-refractivity contribution in [2.45, 2.75) is 99.1 Å². The van der Waals surface area contributed by atoms with Gasteiger partial charge in [-0.2, -0.15) is 4.68 Å². The number of carbonyl (C=O) groups excluding carboxylic acids is 5. The lowest BCUT2D eigenvalue weighted by Crippen LogP contribution is -2.28. The standard InChI is InChI=1S/C54H57ClN10O10S2/c1-3-4-5-6-7-8-9-10-11-14-29-74-51(69)35(2)75-52(70)36-23-28-46(55)47(30-36)59-50(68)45-33-48(43-21-12-13-22-44(43)49(45)67)76-54-60-62-63-65(54)41-19-15-17-38(31-41)57-53(71)58-39-18-16-20-42(32-39)77(72,73)61-37-24-26-40(27-25-37)64(56)34-66/h12-13,15-28,30-35,61,67H,3-11,14,29,56H2,1-2H3,(H,59,68)(H2,57,58,71). The van der Waals surface area contributed by atoms with Crippen LogP contribution in [-0.4, -0.2) is 76.7 Å². The maximum Gasteiger partial charge on any atom is 0.347 e. The van der Waals surface area contributed by atoms with Crippen molar-refractivity contribution in [3.63, 3.8) is 0 Å². The van der Waals surface area contributed by atoms with E-state index < -0.39 is 40.0 Å². The van der Waals surface area contributed by atoms with Gasteiger partial charge in [0.05, 0.1) is 44.7 Å². The fourth-order valence-corrected chi connectivity index (χ4v) is 10.1. The molecule has 402 valence electrons. The Bertz CT molecular complexity index is 3340. The molecule has 0 spiro atoms. The summed E-state index contributed by atoms with van der Waals surface area (Å²) >= 11 is 7.59. The number of hydrogen-bond donors (Lipinski definition) is 6. The molecule has 7 aromatic rings. The fourth-order valence-electron chi connectivity index (χ4n) is 7.91. The topological polar surface area (TPSA) is 279 Å². The van der Waals surface area contributed by atoms with Crippen LogP contribution in [0.25, 0.3) is 16.5 Å². The molecule has 23 heteroatoms. The summed E-state index contributed by atoms with van der Waals surface area (Å²) in [5, 5.41) is 33.9. The zero-order valence-electron chi connectivity index (χ0n) is 42.1. The van der Waals surface area contributed by atoms with Gasteiger partial charge in [0.1, 0.15) is 5.75 Å². The number of halogens is 1. The van der Waals surface area contributed by atoms with Crippen LogP contribution >= 0.6 is 23.4 Å². The molecule has 0 radical (unpaired) electrons. The van der Waals surface area contributed by atoms with Gasteiger partial charge in [0.15, 0.2) is 6.10 Å². The Morgan fingerprint density at radius 1 is 0.792 bits per heavy atom. The highest BCUT2D eigenvalue weighted by Gasteiger charge is 2.24. The number of sulfonamides is 1. The van der Waals surface area contributed by atoms with Gasteiger partial charge in [-0.25, -0.2) is 28.6 Å². The minimum atomic E-state index is -4.10. The van der Waals surface area contributed by atoms with E-state index in [9.17, 15) is 37.5 Å². The summed E-state index contributed by atoms with van der Waals surface area (Å²) in [6, 6.07) is 29.7. The average molecular weight is 1110 g/mol. The molecule has 0 fully saturated rings. The van der Waals surface area contributed by atoms with Crippen LogP contribution in [0.4, 0.5) is 33.2 Å². The number of urea groups is 1. The lowest BCUT2D eigenvalue weighted by molar-refractivity contribution is -0.153. The van der Waals surface area contributed by atoms with E-state index in [0.29, 0.717) is 45.6 Å². The minimum Gasteiger partial charge on any atom is -0.506 e. The van der Waals surface area contributed by atoms with Gasteiger partial charge < -0.3 is 30.5 Å². The Balaban J connectivity index is 0.976. The number of aromatic nitrogens is 4. The first-order valence-electron chi connectivity index (χ1n) is 24.7. The highest BCUT2D eigenvalue weighted by Crippen LogP contribution is 2.40. The van der Waals surface area contributed by atoms with Crippen molar-refractivity contribution < 1.29 is 47.0 Å². The highest BCUT2D eigenvalue weighted by atomic mass is 35.5. The number of carbonyl (C=O) groups is 5. The number of nitrogens with two attached hydrogens (primary N) is 1. The smallest absolute Gasteiger partial charge is 0.347 e. The second kappa shape index (κ2) is 27.1. The number of tetrazole rings is 1. The molecular formula is C54H57ClN10O10S2. The third kappa shape index (κ3) is 15.5. The molecule has 7 rings (SSSR count). The monoisotopic (exact) mass is 1100 g/mol. The number of amides is 4. The Hall–Kier alpha value is -8.05. The van der Waals surface area contributed by atoms with Crippen LogP contribution in [0.5, 0.6) is 5.75 Å². The van der Waals surface area contributed by atoms with Gasteiger partial charge >= 0.3 is 18.0 Å². The largest absolute Gasteiger partial charge is 0.506 e. The predicted molar refractivity (Wildman–Crippen MR) is 295 cm³/mol. The number of phenols is 1. The van der Waals surface area contributed by atoms with Gasteiger partial charge in [0, 0.05) is 27.3 Å². The van der Waals surface area contributed by atoms with E-state index in [1.54, 1.807) is 48.5 Å². The van der Waals surface area contributed by atoms with Crippen molar-refractivity contribution in [1.82, 2.24) is 20.2 Å². The molecule has 1 heterocycles. The number of nitrogens with one attached hydrogen (secondary N) is 4. The maximum atomic E-state index is 14.0. The van der Waals surface area contributed by atoms with Crippen molar-refractivity contribution in [2.24, 2.45) is 5.84 Å². The second-order valence-electron chi connectivity index (χ2n) is 17.7. The van der Waals surface area contributed by atoms with Gasteiger partial charge in [0.25, 0.3) is 15.9 Å². The number of benzene rings is 6. The van der Waals surface area contributed by atoms with Crippen LogP contribution in [0.3, 0.4) is 0 Å². The molecule has 0 aliphatic carbocycles. The van der Waals surface area contributed by atoms with Crippen LogP contribution in [0.2, 0.25) is 5.02 Å². The fraction of sp³-hybridized carbons (Fsp3) is 0.259. The molecule has 0 saturated carbocycles. The Morgan fingerprint density at radius 2 is 1.45 bits per heavy atom. The van der Waals surface area contributed by atoms with Crippen LogP contribution < -0.4 is 31.5 Å². The van der Waals surface area contributed by atoms with E-state index in [4.69, 9.17) is 26.9 Å². The zero-order valence-corrected chi connectivity index (χ0v) is 44.5. The van der Waals surface area contributed by atoms with E-state index in [1.165, 1.54) is 123 Å². The van der Waals surface area contributed by atoms with Crippen LogP contribution in [0.1, 0.15) is 98.8 Å². The van der Waals surface area contributed by atoms with Crippen molar-refractivity contribution >= 4 is 103 Å². The second-order valence-corrected chi connectivity index (χ2v) is 20.8. The normalized spacial score (nSPS) is 11.6. The summed E-state index contributed by atoms with van der Waals surface area (Å²) < 4.78 is 41.1. The molecule has 7 N–H and O–H groups in total. The summed E-state index contributed by atoms with van der Waals surface area (Å²) in [6.45, 7) is 3.85. The van der Waals surface area contributed by atoms with Crippen LogP contribution in [0, 0.1) is 0 Å². The van der Waals surface area contributed by atoms with Crippen molar-refractivity contribution in [2.75, 3.05) is 32.3 Å². The number of phenolic OH excluding ortho intramolecular Hbond substituents is 1. The summed E-state index contributed by atoms with van der Waals surface area (Å²) in [7, 11) is -4.10. The van der Waals surface area contributed by atoms with Crippen LogP contribution in [0.15, 0.2) is 136 Å². The molecule has 1 unspecified atom stereocenters. The lowest BCUT2D eigenvalue weighted by Gasteiger charge is -2.15. The first-order chi connectivity index (χ1) is 37.1. The predicted octanol–water partition coefficient (Wildman–Crippen LogP) is 10.9. The Kier molecular flexibility index (Phi) is 20.0. The van der Waals surface area contributed by atoms with Crippen molar-refractivity contribution in [3.8, 4) is 11.4 Å². The molecule has 1 aromatic heterocycles. The number of esters is 2. The molecule has 0 bridgehead atoms. The van der Waals surface area contributed by atoms with Gasteiger partial charge in [-0.15, -0.1) is 5.10 Å². The quantitative estimate of drug-likeness (QED) is 0.00734. The third-order valence-electron chi connectivity index (χ3n) is 12.0. The van der Waals surface area contributed by atoms with Crippen molar-refractivity contribution in [3.05, 3.63) is 137 Å². The van der Waals surface area contributed by atoms with E-state index in [2.05, 4.69) is 43.1 Å². The van der Waals surface area contributed by atoms with Crippen LogP contribution in [-0.2, 0) is 29.1 Å². The SMILES string of the molecule is CCCCCCCCCCCCOC(=O)C(C)OC(=O)c1ccc(Cl)c(NC(=O)c2cc(Sc3nnnn3-c3cccc(NC(=O)Nc4cccc(S(=O)(=O)Nc5ccc(N(N)C=O)cc5)c4)c3)c3ccccc3c2O)c1. The Labute approximate surface area is 454 Å². The Morgan fingerprint density at radius 3 is 2.16 bits per heavy atom. The van der Waals surface area contributed by atoms with E-state index >= 15 is 0 Å². The highest BCUT2D eigenvalue weighted by molar-refractivity contribution is 7.99. The number of unbranched alkanes of at least 4 members (excludes halogenated alkanes) is 9. The molecule has 0 aliphatic rings. The molecule has 0 aliphatic heterocycles. The number of fused-ring (bicyclic) bond motifs is 1. The van der Waals surface area contributed by atoms with Gasteiger partial charge in [0.2, 0.25) is 11.6 Å². The van der Waals surface area contributed by atoms with Gasteiger partial charge in [-0.3, -0.25) is 19.3 Å². The summed E-state index contributed by atoms with van der Waals surface area (Å²) in [5.41, 5.74) is 1.38. The summed E-state index contributed by atoms with van der Waals surface area (Å²) in [5.74, 6) is 2.95. The molecule has 0 saturated heterocycles. The van der Waals surface area contributed by atoms with Gasteiger partial charge in [-0.05, 0) is 126 Å². The molecule has 4 amide bonds. The number of nitrogens with zero attached hydrogens (tertiary/aromatic N) is 5. The molecule has 77 heavy (non-hydrogen) atoms. The third-order valence-corrected chi connectivity index (χ3v) is 14.7. The van der Waals surface area contributed by atoms with E-state index in [0.717, 1.165) is 36.0 Å². The molecule has 1 atom stereocenters. The number of aromatic hydroxyl groups is 1. The minimum absolute atomic E-state index is 0.000362. The lowest BCUT2D eigenvalue weighted by atomic mass is 10.0. The number of anilines is 5. The van der Waals surface area contributed by atoms with Crippen molar-refractivity contribution in [1.29, 1.82) is 0 Å². The summed E-state index contributed by atoms with van der Waals surface area (Å²) in [4.78, 5) is 64.4. The van der Waals surface area contributed by atoms with E-state index in [-0.39, 0.29) is 55.6 Å². The number of hydrazine groups is 1. The molecule has 6 aromatic carbocycles. The molecule has 20 nitrogen and oxygen atoms in total. The maximum absolute atomic E-state index is 14.0. The first kappa shape index (κ1) is 56.7.